The summed E-state index contributed by atoms with van der Waals surface area (Å²) in [5.74, 6) is 0.201. The smallest absolute Gasteiger partial charge is 0.240 e. The van der Waals surface area contributed by atoms with Crippen LogP contribution in [0, 0.1) is 20.8 Å². The van der Waals surface area contributed by atoms with E-state index in [0.29, 0.717) is 16.5 Å². The van der Waals surface area contributed by atoms with Crippen LogP contribution in [0.25, 0.3) is 0 Å². The monoisotopic (exact) mass is 424 g/mol. The number of benzene rings is 2. The molecule has 0 fully saturated rings. The van der Waals surface area contributed by atoms with Gasteiger partial charge in [0.2, 0.25) is 15.9 Å². The van der Waals surface area contributed by atoms with Crippen LogP contribution in [0.15, 0.2) is 36.4 Å². The summed E-state index contributed by atoms with van der Waals surface area (Å²) in [5, 5.41) is 3.28. The third kappa shape index (κ3) is 6.14. The lowest BCUT2D eigenvalue weighted by atomic mass is 10.1. The number of sulfonamides is 1. The Bertz CT molecular complexity index is 961. The fraction of sp³-hybridized carbons (Fsp3) is 0.350. The summed E-state index contributed by atoms with van der Waals surface area (Å²) in [6, 6.07) is 10.7. The van der Waals surface area contributed by atoms with E-state index < -0.39 is 15.9 Å². The van der Waals surface area contributed by atoms with Gasteiger partial charge < -0.3 is 10.1 Å². The van der Waals surface area contributed by atoms with Gasteiger partial charge >= 0.3 is 0 Å². The largest absolute Gasteiger partial charge is 0.492 e. The van der Waals surface area contributed by atoms with Crippen molar-refractivity contribution in [3.63, 3.8) is 0 Å². The van der Waals surface area contributed by atoms with Gasteiger partial charge in [0.25, 0.3) is 0 Å². The van der Waals surface area contributed by atoms with Gasteiger partial charge in [-0.3, -0.25) is 9.10 Å². The number of carbonyl (C=O) groups is 1. The maximum Gasteiger partial charge on any atom is 0.240 e. The number of amides is 1. The summed E-state index contributed by atoms with van der Waals surface area (Å²) in [7, 11) is -3.60. The lowest BCUT2D eigenvalue weighted by molar-refractivity contribution is -0.119. The predicted molar refractivity (Wildman–Crippen MR) is 113 cm³/mol. The van der Waals surface area contributed by atoms with Crippen LogP contribution in [0.2, 0.25) is 5.02 Å². The number of aryl methyl sites for hydroxylation is 3. The van der Waals surface area contributed by atoms with E-state index in [1.807, 2.05) is 32.9 Å². The number of hydrogen-bond acceptors (Lipinski definition) is 4. The molecule has 2 rings (SSSR count). The zero-order valence-electron chi connectivity index (χ0n) is 16.5. The van der Waals surface area contributed by atoms with Crippen LogP contribution < -0.4 is 14.4 Å². The highest BCUT2D eigenvalue weighted by atomic mass is 35.5. The van der Waals surface area contributed by atoms with Crippen LogP contribution in [0.1, 0.15) is 16.7 Å². The van der Waals surface area contributed by atoms with Gasteiger partial charge in [0.1, 0.15) is 18.9 Å². The molecule has 2 aromatic carbocycles. The highest BCUT2D eigenvalue weighted by Crippen LogP contribution is 2.22. The molecule has 0 saturated carbocycles. The molecule has 0 aliphatic heterocycles. The van der Waals surface area contributed by atoms with Crippen LogP contribution in [0.3, 0.4) is 0 Å². The molecule has 0 heterocycles. The van der Waals surface area contributed by atoms with Crippen molar-refractivity contribution in [3.8, 4) is 5.75 Å². The van der Waals surface area contributed by atoms with Crippen molar-refractivity contribution in [2.24, 2.45) is 0 Å². The van der Waals surface area contributed by atoms with E-state index in [9.17, 15) is 13.2 Å². The van der Waals surface area contributed by atoms with Crippen molar-refractivity contribution in [1.29, 1.82) is 0 Å². The van der Waals surface area contributed by atoms with Crippen molar-refractivity contribution >= 4 is 33.2 Å². The number of nitrogens with one attached hydrogen (secondary N) is 1. The molecule has 0 saturated heterocycles. The Labute approximate surface area is 171 Å². The molecule has 2 aromatic rings. The second-order valence-corrected chi connectivity index (χ2v) is 8.96. The lowest BCUT2D eigenvalue weighted by Crippen LogP contribution is -2.41. The molecule has 0 aromatic heterocycles. The van der Waals surface area contributed by atoms with Gasteiger partial charge in [0, 0.05) is 5.02 Å². The van der Waals surface area contributed by atoms with Crippen molar-refractivity contribution in [1.82, 2.24) is 5.32 Å². The SMILES string of the molecule is Cc1ccc(N(CC(=O)NCCOc2ccc(C)c(Cl)c2)S(C)(=O)=O)cc1C. The Morgan fingerprint density at radius 3 is 2.36 bits per heavy atom. The summed E-state index contributed by atoms with van der Waals surface area (Å²) in [6.45, 7) is 5.93. The normalized spacial score (nSPS) is 11.2. The van der Waals surface area contributed by atoms with Gasteiger partial charge in [0.05, 0.1) is 18.5 Å². The number of anilines is 1. The Morgan fingerprint density at radius 2 is 1.75 bits per heavy atom. The Balaban J connectivity index is 1.93. The van der Waals surface area contributed by atoms with Gasteiger partial charge in [-0.1, -0.05) is 23.7 Å². The Kier molecular flexibility index (Phi) is 7.32. The van der Waals surface area contributed by atoms with Crippen molar-refractivity contribution in [2.45, 2.75) is 20.8 Å². The summed E-state index contributed by atoms with van der Waals surface area (Å²) in [6.07, 6.45) is 1.08. The molecule has 1 N–H and O–H groups in total. The Morgan fingerprint density at radius 1 is 1.07 bits per heavy atom. The highest BCUT2D eigenvalue weighted by molar-refractivity contribution is 7.92. The molecule has 8 heteroatoms. The molecule has 28 heavy (non-hydrogen) atoms. The zero-order chi connectivity index (χ0) is 20.9. The van der Waals surface area contributed by atoms with E-state index in [4.69, 9.17) is 16.3 Å². The minimum atomic E-state index is -3.60. The zero-order valence-corrected chi connectivity index (χ0v) is 18.0. The molecular formula is C20H25ClN2O4S. The molecular weight excluding hydrogens is 400 g/mol. The minimum Gasteiger partial charge on any atom is -0.492 e. The van der Waals surface area contributed by atoms with Gasteiger partial charge in [0.15, 0.2) is 0 Å². The number of hydrogen-bond donors (Lipinski definition) is 1. The first kappa shape index (κ1) is 22.0. The molecule has 152 valence electrons. The summed E-state index contributed by atoms with van der Waals surface area (Å²) < 4.78 is 30.9. The highest BCUT2D eigenvalue weighted by Gasteiger charge is 2.21. The van der Waals surface area contributed by atoms with Crippen LogP contribution in [-0.2, 0) is 14.8 Å². The summed E-state index contributed by atoms with van der Waals surface area (Å²) in [5.41, 5.74) is 3.42. The molecule has 0 atom stereocenters. The van der Waals surface area contributed by atoms with Crippen molar-refractivity contribution in [2.75, 3.05) is 30.3 Å². The standard InChI is InChI=1S/C20H25ClN2O4S/c1-14-5-7-17(11-16(14)3)23(28(4,25)26)13-20(24)22-9-10-27-18-8-6-15(2)19(21)12-18/h5-8,11-12H,9-10,13H2,1-4H3,(H,22,24). The van der Waals surface area contributed by atoms with Gasteiger partial charge in [-0.05, 0) is 61.7 Å². The summed E-state index contributed by atoms with van der Waals surface area (Å²) >= 11 is 6.04. The van der Waals surface area contributed by atoms with Crippen molar-refractivity contribution < 1.29 is 17.9 Å². The fourth-order valence-electron chi connectivity index (χ4n) is 2.49. The second kappa shape index (κ2) is 9.30. The quantitative estimate of drug-likeness (QED) is 0.660. The summed E-state index contributed by atoms with van der Waals surface area (Å²) in [4.78, 5) is 12.2. The molecule has 1 amide bonds. The first-order valence-electron chi connectivity index (χ1n) is 8.78. The van der Waals surface area contributed by atoms with E-state index >= 15 is 0 Å². The van der Waals surface area contributed by atoms with Gasteiger partial charge in [-0.25, -0.2) is 8.42 Å². The number of rotatable bonds is 8. The van der Waals surface area contributed by atoms with Crippen LogP contribution >= 0.6 is 11.6 Å². The molecule has 0 aliphatic rings. The molecule has 0 aliphatic carbocycles. The molecule has 0 radical (unpaired) electrons. The molecule has 0 bridgehead atoms. The minimum absolute atomic E-state index is 0.244. The van der Waals surface area contributed by atoms with E-state index in [2.05, 4.69) is 5.32 Å². The van der Waals surface area contributed by atoms with Gasteiger partial charge in [-0.15, -0.1) is 0 Å². The number of carbonyl (C=O) groups excluding carboxylic acids is 1. The Hall–Kier alpha value is -2.25. The predicted octanol–water partition coefficient (Wildman–Crippen LogP) is 3.23. The van der Waals surface area contributed by atoms with E-state index in [1.54, 1.807) is 24.3 Å². The topological polar surface area (TPSA) is 75.7 Å². The van der Waals surface area contributed by atoms with Crippen LogP contribution in [-0.4, -0.2) is 40.3 Å². The number of ether oxygens (including phenoxy) is 1. The van der Waals surface area contributed by atoms with E-state index in [-0.39, 0.29) is 19.7 Å². The molecule has 0 spiro atoms. The third-order valence-corrected chi connectivity index (χ3v) is 5.85. The van der Waals surface area contributed by atoms with Crippen molar-refractivity contribution in [3.05, 3.63) is 58.1 Å². The third-order valence-electron chi connectivity index (χ3n) is 4.30. The second-order valence-electron chi connectivity index (χ2n) is 6.65. The maximum absolute atomic E-state index is 12.2. The average molecular weight is 425 g/mol. The first-order chi connectivity index (χ1) is 13.1. The van der Waals surface area contributed by atoms with Crippen LogP contribution in [0.5, 0.6) is 5.75 Å². The average Bonchev–Trinajstić information content (AvgIpc) is 2.61. The first-order valence-corrected chi connectivity index (χ1v) is 11.0. The number of nitrogens with zero attached hydrogens (tertiary/aromatic N) is 1. The van der Waals surface area contributed by atoms with E-state index in [0.717, 1.165) is 27.3 Å². The van der Waals surface area contributed by atoms with E-state index in [1.165, 1.54) is 0 Å². The van der Waals surface area contributed by atoms with Gasteiger partial charge in [-0.2, -0.15) is 0 Å². The number of halogens is 1. The lowest BCUT2D eigenvalue weighted by Gasteiger charge is -2.22. The maximum atomic E-state index is 12.2. The molecule has 0 unspecified atom stereocenters. The fourth-order valence-corrected chi connectivity index (χ4v) is 3.51. The van der Waals surface area contributed by atoms with Crippen LogP contribution in [0.4, 0.5) is 5.69 Å². The molecule has 6 nitrogen and oxygen atoms in total.